The summed E-state index contributed by atoms with van der Waals surface area (Å²) in [4.78, 5) is 16.4. The summed E-state index contributed by atoms with van der Waals surface area (Å²) >= 11 is 0. The fourth-order valence-electron chi connectivity index (χ4n) is 3.60. The molecule has 7 heteroatoms. The van der Waals surface area contributed by atoms with Crippen molar-refractivity contribution in [3.8, 4) is 35.0 Å². The first-order valence-electron chi connectivity index (χ1n) is 11.3. The average Bonchev–Trinajstić information content (AvgIpc) is 3.31. The number of rotatable bonds is 8. The third-order valence-corrected chi connectivity index (χ3v) is 5.35. The molecule has 0 bridgehead atoms. The van der Waals surface area contributed by atoms with Crippen molar-refractivity contribution < 1.29 is 14.3 Å². The maximum Gasteiger partial charge on any atom is 0.307 e. The van der Waals surface area contributed by atoms with Gasteiger partial charge in [0.1, 0.15) is 12.4 Å². The van der Waals surface area contributed by atoms with Gasteiger partial charge in [-0.1, -0.05) is 24.1 Å². The molecule has 0 aliphatic rings. The molecule has 4 aromatic rings. The normalized spacial score (nSPS) is 11.2. The number of benzene rings is 2. The lowest BCUT2D eigenvalue weighted by molar-refractivity contribution is -0.143. The van der Waals surface area contributed by atoms with Gasteiger partial charge in [-0.2, -0.15) is 5.26 Å². The maximum atomic E-state index is 11.9. The minimum Gasteiger partial charge on any atom is -0.489 e. The number of carbonyl (C=O) groups is 1. The van der Waals surface area contributed by atoms with Gasteiger partial charge >= 0.3 is 5.97 Å². The Bertz CT molecular complexity index is 1420. The molecular weight excluding hydrogens is 440 g/mol. The summed E-state index contributed by atoms with van der Waals surface area (Å²) in [5, 5.41) is 13.5. The molecule has 2 heterocycles. The van der Waals surface area contributed by atoms with E-state index in [2.05, 4.69) is 28.0 Å². The number of fused-ring (bicyclic) bond motifs is 1. The summed E-state index contributed by atoms with van der Waals surface area (Å²) in [6.07, 6.45) is 2.10. The van der Waals surface area contributed by atoms with Crippen molar-refractivity contribution in [2.24, 2.45) is 0 Å². The SMILES string of the molecule is CC#CC(CC(=O)OCC)c1ccc(OCc2ccc3nc(-c4ccc(C#N)cc4)nn3c2)cc1. The topological polar surface area (TPSA) is 89.5 Å². The van der Waals surface area contributed by atoms with E-state index >= 15 is 0 Å². The smallest absolute Gasteiger partial charge is 0.307 e. The predicted octanol–water partition coefficient (Wildman–Crippen LogP) is 4.91. The van der Waals surface area contributed by atoms with Crippen molar-refractivity contribution in [3.63, 3.8) is 0 Å². The Balaban J connectivity index is 1.42. The van der Waals surface area contributed by atoms with Gasteiger partial charge in [0.05, 0.1) is 30.6 Å². The van der Waals surface area contributed by atoms with Crippen molar-refractivity contribution >= 4 is 11.6 Å². The fraction of sp³-hybridized carbons (Fsp3) is 0.214. The van der Waals surface area contributed by atoms with Crippen LogP contribution in [-0.2, 0) is 16.1 Å². The number of hydrogen-bond donors (Lipinski definition) is 0. The van der Waals surface area contributed by atoms with Crippen LogP contribution in [0.4, 0.5) is 0 Å². The van der Waals surface area contributed by atoms with Gasteiger partial charge in [0, 0.05) is 17.3 Å². The molecule has 1 unspecified atom stereocenters. The van der Waals surface area contributed by atoms with Crippen LogP contribution >= 0.6 is 0 Å². The van der Waals surface area contributed by atoms with Gasteiger partial charge in [0.2, 0.25) is 0 Å². The molecule has 2 aromatic heterocycles. The average molecular weight is 465 g/mol. The monoisotopic (exact) mass is 464 g/mol. The standard InChI is InChI=1S/C28H24N4O3/c1-3-5-24(16-27(33)34-4-2)22-11-13-25(14-12-22)35-19-21-8-15-26-30-28(31-32(26)18-21)23-9-6-20(17-29)7-10-23/h6-15,18,24H,4,16,19H2,1-2H3. The van der Waals surface area contributed by atoms with Crippen LogP contribution in [-0.4, -0.2) is 27.2 Å². The van der Waals surface area contributed by atoms with Crippen molar-refractivity contribution in [1.29, 1.82) is 5.26 Å². The summed E-state index contributed by atoms with van der Waals surface area (Å²) in [5.74, 6) is 6.81. The van der Waals surface area contributed by atoms with E-state index < -0.39 is 0 Å². The summed E-state index contributed by atoms with van der Waals surface area (Å²) < 4.78 is 12.7. The van der Waals surface area contributed by atoms with Gasteiger partial charge in [-0.15, -0.1) is 11.0 Å². The van der Waals surface area contributed by atoms with Crippen molar-refractivity contribution in [3.05, 3.63) is 83.6 Å². The molecule has 0 saturated heterocycles. The Labute approximate surface area is 204 Å². The number of hydrogen-bond acceptors (Lipinski definition) is 6. The number of aromatic nitrogens is 3. The number of ether oxygens (including phenoxy) is 2. The Kier molecular flexibility index (Phi) is 7.40. The molecule has 4 rings (SSSR count). The number of carbonyl (C=O) groups excluding carboxylic acids is 1. The fourth-order valence-corrected chi connectivity index (χ4v) is 3.60. The molecule has 0 fully saturated rings. The highest BCUT2D eigenvalue weighted by Gasteiger charge is 2.15. The summed E-state index contributed by atoms with van der Waals surface area (Å²) in [7, 11) is 0. The third-order valence-electron chi connectivity index (χ3n) is 5.35. The summed E-state index contributed by atoms with van der Waals surface area (Å²) in [6, 6.07) is 20.7. The van der Waals surface area contributed by atoms with Gasteiger partial charge in [-0.05, 0) is 61.9 Å². The number of nitrogens with zero attached hydrogens (tertiary/aromatic N) is 4. The third kappa shape index (κ3) is 5.85. The zero-order valence-corrected chi connectivity index (χ0v) is 19.6. The molecule has 0 aliphatic heterocycles. The van der Waals surface area contributed by atoms with Crippen LogP contribution in [0.5, 0.6) is 5.75 Å². The maximum absolute atomic E-state index is 11.9. The molecule has 1 atom stereocenters. The molecule has 7 nitrogen and oxygen atoms in total. The molecule has 0 amide bonds. The minimum absolute atomic E-state index is 0.215. The van der Waals surface area contributed by atoms with E-state index in [0.29, 0.717) is 30.4 Å². The second kappa shape index (κ2) is 11.0. The minimum atomic E-state index is -0.258. The summed E-state index contributed by atoms with van der Waals surface area (Å²) in [6.45, 7) is 4.27. The van der Waals surface area contributed by atoms with E-state index in [1.54, 1.807) is 30.5 Å². The van der Waals surface area contributed by atoms with Crippen LogP contribution in [0.15, 0.2) is 66.9 Å². The predicted molar refractivity (Wildman–Crippen MR) is 131 cm³/mol. The van der Waals surface area contributed by atoms with E-state index in [4.69, 9.17) is 14.7 Å². The highest BCUT2D eigenvalue weighted by atomic mass is 16.5. The molecule has 0 N–H and O–H groups in total. The highest BCUT2D eigenvalue weighted by molar-refractivity contribution is 5.71. The van der Waals surface area contributed by atoms with Crippen LogP contribution in [0, 0.1) is 23.2 Å². The first kappa shape index (κ1) is 23.5. The van der Waals surface area contributed by atoms with Gasteiger partial charge < -0.3 is 9.47 Å². The lowest BCUT2D eigenvalue weighted by Gasteiger charge is -2.12. The quantitative estimate of drug-likeness (QED) is 0.272. The Hall–Kier alpha value is -4.62. The Morgan fingerprint density at radius 1 is 1.09 bits per heavy atom. The zero-order chi connectivity index (χ0) is 24.6. The molecule has 2 aromatic carbocycles. The van der Waals surface area contributed by atoms with Crippen LogP contribution in [0.25, 0.3) is 17.0 Å². The van der Waals surface area contributed by atoms with Crippen LogP contribution in [0.1, 0.15) is 42.9 Å². The van der Waals surface area contributed by atoms with Crippen molar-refractivity contribution in [2.45, 2.75) is 32.8 Å². The number of pyridine rings is 1. The molecule has 0 aliphatic carbocycles. The Morgan fingerprint density at radius 3 is 2.54 bits per heavy atom. The molecule has 174 valence electrons. The zero-order valence-electron chi connectivity index (χ0n) is 19.6. The number of nitriles is 1. The lowest BCUT2D eigenvalue weighted by Crippen LogP contribution is -2.09. The summed E-state index contributed by atoms with van der Waals surface area (Å²) in [5.41, 5.74) is 4.05. The van der Waals surface area contributed by atoms with E-state index in [1.165, 1.54) is 0 Å². The van der Waals surface area contributed by atoms with E-state index in [9.17, 15) is 4.79 Å². The molecule has 0 radical (unpaired) electrons. The van der Waals surface area contributed by atoms with Gasteiger partial charge in [-0.25, -0.2) is 9.50 Å². The van der Waals surface area contributed by atoms with E-state index in [1.807, 2.05) is 54.7 Å². The van der Waals surface area contributed by atoms with Crippen molar-refractivity contribution in [1.82, 2.24) is 14.6 Å². The Morgan fingerprint density at radius 2 is 1.86 bits per heavy atom. The van der Waals surface area contributed by atoms with Crippen LogP contribution in [0.2, 0.25) is 0 Å². The lowest BCUT2D eigenvalue weighted by atomic mass is 9.96. The second-order valence-corrected chi connectivity index (χ2v) is 7.78. The molecule has 0 spiro atoms. The highest BCUT2D eigenvalue weighted by Crippen LogP contribution is 2.23. The van der Waals surface area contributed by atoms with E-state index in [-0.39, 0.29) is 18.3 Å². The van der Waals surface area contributed by atoms with Crippen LogP contribution in [0.3, 0.4) is 0 Å². The molecular formula is C28H24N4O3. The van der Waals surface area contributed by atoms with Gasteiger partial charge in [0.25, 0.3) is 0 Å². The second-order valence-electron chi connectivity index (χ2n) is 7.78. The van der Waals surface area contributed by atoms with Gasteiger partial charge in [-0.3, -0.25) is 4.79 Å². The van der Waals surface area contributed by atoms with E-state index in [0.717, 1.165) is 22.3 Å². The number of esters is 1. The first-order valence-corrected chi connectivity index (χ1v) is 11.3. The first-order chi connectivity index (χ1) is 17.1. The van der Waals surface area contributed by atoms with Crippen LogP contribution < -0.4 is 4.74 Å². The molecule has 0 saturated carbocycles. The van der Waals surface area contributed by atoms with Crippen molar-refractivity contribution in [2.75, 3.05) is 6.61 Å². The largest absolute Gasteiger partial charge is 0.489 e. The molecule has 35 heavy (non-hydrogen) atoms. The van der Waals surface area contributed by atoms with Gasteiger partial charge in [0.15, 0.2) is 11.5 Å².